The number of hydrogen-bond donors (Lipinski definition) is 1. The Hall–Kier alpha value is -2.15. The number of furan rings is 1. The summed E-state index contributed by atoms with van der Waals surface area (Å²) in [7, 11) is 1.65. The van der Waals surface area contributed by atoms with E-state index in [4.69, 9.17) is 9.15 Å². The molecule has 21 heavy (non-hydrogen) atoms. The SMILES string of the molecule is CO[C@@H]1CN(C(=O)c2oc(C)cc2C)C[C@H]1c1cn[nH]n1. The average molecular weight is 290 g/mol. The highest BCUT2D eigenvalue weighted by molar-refractivity contribution is 5.93. The first-order valence-corrected chi connectivity index (χ1v) is 6.85. The van der Waals surface area contributed by atoms with Gasteiger partial charge in [0.15, 0.2) is 5.76 Å². The molecule has 2 aromatic heterocycles. The molecule has 0 aromatic carbocycles. The van der Waals surface area contributed by atoms with Gasteiger partial charge in [0.1, 0.15) is 5.76 Å². The fourth-order valence-corrected chi connectivity index (χ4v) is 2.85. The molecule has 1 aliphatic heterocycles. The van der Waals surface area contributed by atoms with E-state index in [2.05, 4.69) is 15.4 Å². The monoisotopic (exact) mass is 290 g/mol. The van der Waals surface area contributed by atoms with Gasteiger partial charge in [-0.2, -0.15) is 15.4 Å². The van der Waals surface area contributed by atoms with Crippen molar-refractivity contribution in [3.63, 3.8) is 0 Å². The maximum atomic E-state index is 12.6. The summed E-state index contributed by atoms with van der Waals surface area (Å²) in [6.07, 6.45) is 1.59. The van der Waals surface area contributed by atoms with E-state index < -0.39 is 0 Å². The van der Waals surface area contributed by atoms with Gasteiger partial charge in [0.2, 0.25) is 0 Å². The summed E-state index contributed by atoms with van der Waals surface area (Å²) >= 11 is 0. The van der Waals surface area contributed by atoms with Gasteiger partial charge < -0.3 is 14.1 Å². The Bertz CT molecular complexity index is 635. The van der Waals surface area contributed by atoms with Crippen LogP contribution in [0.5, 0.6) is 0 Å². The summed E-state index contributed by atoms with van der Waals surface area (Å²) in [5.41, 5.74) is 1.67. The summed E-state index contributed by atoms with van der Waals surface area (Å²) in [5, 5.41) is 10.5. The van der Waals surface area contributed by atoms with Crippen molar-refractivity contribution >= 4 is 5.91 Å². The molecule has 1 fully saturated rings. The lowest BCUT2D eigenvalue weighted by molar-refractivity contribution is 0.0685. The first-order valence-electron chi connectivity index (χ1n) is 6.85. The minimum Gasteiger partial charge on any atom is -0.456 e. The molecular weight excluding hydrogens is 272 g/mol. The summed E-state index contributed by atoms with van der Waals surface area (Å²) in [5.74, 6) is 1.07. The van der Waals surface area contributed by atoms with E-state index >= 15 is 0 Å². The number of amides is 1. The number of aryl methyl sites for hydroxylation is 2. The Labute approximate surface area is 122 Å². The maximum absolute atomic E-state index is 12.6. The van der Waals surface area contributed by atoms with Crippen LogP contribution in [0.25, 0.3) is 0 Å². The van der Waals surface area contributed by atoms with Crippen molar-refractivity contribution in [2.24, 2.45) is 0 Å². The van der Waals surface area contributed by atoms with Gasteiger partial charge in [0, 0.05) is 25.8 Å². The van der Waals surface area contributed by atoms with E-state index in [9.17, 15) is 4.79 Å². The topological polar surface area (TPSA) is 84.2 Å². The molecule has 2 aromatic rings. The number of likely N-dealkylation sites (tertiary alicyclic amines) is 1. The molecule has 0 saturated carbocycles. The van der Waals surface area contributed by atoms with Crippen LogP contribution in [-0.2, 0) is 4.74 Å². The fourth-order valence-electron chi connectivity index (χ4n) is 2.85. The predicted molar refractivity (Wildman–Crippen MR) is 74.0 cm³/mol. The van der Waals surface area contributed by atoms with Gasteiger partial charge in [-0.1, -0.05) is 0 Å². The summed E-state index contributed by atoms with van der Waals surface area (Å²) in [4.78, 5) is 14.3. The van der Waals surface area contributed by atoms with Crippen molar-refractivity contribution in [2.45, 2.75) is 25.9 Å². The molecule has 1 amide bonds. The molecule has 7 heteroatoms. The lowest BCUT2D eigenvalue weighted by atomic mass is 10.0. The van der Waals surface area contributed by atoms with E-state index in [0.29, 0.717) is 18.8 Å². The second-order valence-electron chi connectivity index (χ2n) is 5.35. The van der Waals surface area contributed by atoms with E-state index in [1.165, 1.54) is 0 Å². The van der Waals surface area contributed by atoms with Crippen molar-refractivity contribution in [1.82, 2.24) is 20.3 Å². The number of ether oxygens (including phenoxy) is 1. The molecule has 7 nitrogen and oxygen atoms in total. The molecule has 1 saturated heterocycles. The first-order chi connectivity index (χ1) is 10.1. The molecule has 2 atom stereocenters. The van der Waals surface area contributed by atoms with Gasteiger partial charge >= 0.3 is 0 Å². The number of methoxy groups -OCH3 is 1. The average Bonchev–Trinajstić information content (AvgIpc) is 3.16. The van der Waals surface area contributed by atoms with E-state index in [1.54, 1.807) is 18.2 Å². The van der Waals surface area contributed by atoms with Crippen molar-refractivity contribution in [2.75, 3.05) is 20.2 Å². The standard InChI is InChI=1S/C14H18N4O3/c1-8-4-9(2)21-13(8)14(19)18-6-10(12(7-18)20-3)11-5-15-17-16-11/h4-5,10,12H,6-7H2,1-3H3,(H,15,16,17)/t10-,12+/m0/s1. The number of H-pyrrole nitrogens is 1. The van der Waals surface area contributed by atoms with E-state index in [-0.39, 0.29) is 17.9 Å². The molecule has 3 heterocycles. The van der Waals surface area contributed by atoms with E-state index in [0.717, 1.165) is 17.0 Å². The molecule has 0 bridgehead atoms. The summed E-state index contributed by atoms with van der Waals surface area (Å²) in [6.45, 7) is 4.78. The van der Waals surface area contributed by atoms with Crippen molar-refractivity contribution in [3.05, 3.63) is 35.0 Å². The molecule has 1 aliphatic rings. The van der Waals surface area contributed by atoms with Crippen LogP contribution in [0, 0.1) is 13.8 Å². The summed E-state index contributed by atoms with van der Waals surface area (Å²) in [6, 6.07) is 1.87. The first kappa shape index (κ1) is 13.8. The zero-order valence-electron chi connectivity index (χ0n) is 12.3. The second kappa shape index (κ2) is 5.33. The minimum absolute atomic E-state index is 0.0223. The van der Waals surface area contributed by atoms with Gasteiger partial charge in [-0.3, -0.25) is 4.79 Å². The van der Waals surface area contributed by atoms with Crippen LogP contribution in [0.4, 0.5) is 0 Å². The smallest absolute Gasteiger partial charge is 0.289 e. The molecule has 3 rings (SSSR count). The van der Waals surface area contributed by atoms with Crippen molar-refractivity contribution < 1.29 is 13.9 Å². The van der Waals surface area contributed by atoms with Crippen LogP contribution in [0.2, 0.25) is 0 Å². The van der Waals surface area contributed by atoms with Crippen LogP contribution in [0.3, 0.4) is 0 Å². The summed E-state index contributed by atoms with van der Waals surface area (Å²) < 4.78 is 11.0. The van der Waals surface area contributed by atoms with Gasteiger partial charge in [0.25, 0.3) is 5.91 Å². The highest BCUT2D eigenvalue weighted by Crippen LogP contribution is 2.29. The number of carbonyl (C=O) groups is 1. The largest absolute Gasteiger partial charge is 0.456 e. The number of nitrogens with one attached hydrogen (secondary N) is 1. The number of nitrogens with zero attached hydrogens (tertiary/aromatic N) is 3. The van der Waals surface area contributed by atoms with E-state index in [1.807, 2.05) is 19.9 Å². The molecule has 1 N–H and O–H groups in total. The van der Waals surface area contributed by atoms with Crippen LogP contribution in [0.15, 0.2) is 16.7 Å². The van der Waals surface area contributed by atoms with Crippen LogP contribution >= 0.6 is 0 Å². The van der Waals surface area contributed by atoms with Gasteiger partial charge in [-0.05, 0) is 19.9 Å². The molecular formula is C14H18N4O3. The number of carbonyl (C=O) groups excluding carboxylic acids is 1. The Morgan fingerprint density at radius 3 is 2.86 bits per heavy atom. The highest BCUT2D eigenvalue weighted by Gasteiger charge is 2.39. The van der Waals surface area contributed by atoms with Gasteiger partial charge in [0.05, 0.1) is 23.9 Å². The fraction of sp³-hybridized carbons (Fsp3) is 0.500. The van der Waals surface area contributed by atoms with Crippen LogP contribution in [0.1, 0.15) is 33.5 Å². The third-order valence-corrected chi connectivity index (χ3v) is 3.90. The predicted octanol–water partition coefficient (Wildman–Crippen LogP) is 1.27. The quantitative estimate of drug-likeness (QED) is 0.920. The number of rotatable bonds is 3. The van der Waals surface area contributed by atoms with Crippen LogP contribution in [-0.4, -0.2) is 52.5 Å². The zero-order valence-corrected chi connectivity index (χ0v) is 12.3. The molecule has 0 unspecified atom stereocenters. The molecule has 0 spiro atoms. The molecule has 0 radical (unpaired) electrons. The van der Waals surface area contributed by atoms with Crippen LogP contribution < -0.4 is 0 Å². The Kier molecular flexibility index (Phi) is 3.50. The zero-order chi connectivity index (χ0) is 15.0. The molecule has 112 valence electrons. The third kappa shape index (κ3) is 2.44. The highest BCUT2D eigenvalue weighted by atomic mass is 16.5. The minimum atomic E-state index is -0.103. The van der Waals surface area contributed by atoms with Gasteiger partial charge in [-0.15, -0.1) is 0 Å². The van der Waals surface area contributed by atoms with Gasteiger partial charge in [-0.25, -0.2) is 0 Å². The lowest BCUT2D eigenvalue weighted by Crippen LogP contribution is -2.30. The Morgan fingerprint density at radius 2 is 2.29 bits per heavy atom. The lowest BCUT2D eigenvalue weighted by Gasteiger charge is -2.14. The normalized spacial score (nSPS) is 22.0. The third-order valence-electron chi connectivity index (χ3n) is 3.90. The maximum Gasteiger partial charge on any atom is 0.289 e. The van der Waals surface area contributed by atoms with Crippen molar-refractivity contribution in [1.29, 1.82) is 0 Å². The molecule has 0 aliphatic carbocycles. The Balaban J connectivity index is 1.81. The van der Waals surface area contributed by atoms with Crippen molar-refractivity contribution in [3.8, 4) is 0 Å². The second-order valence-corrected chi connectivity index (χ2v) is 5.35. The Morgan fingerprint density at radius 1 is 1.48 bits per heavy atom. The number of aromatic nitrogens is 3. The number of hydrogen-bond acceptors (Lipinski definition) is 5. The number of aromatic amines is 1.